The standard InChI is InChI=1S/C29H38N4O4/c1-17(2)29(36)32-13-11-21(12-14-32)19(4)33-20(5)26(22-9-7-8-10-24(22)33)28(35)30-16-23-25(37-6)15-18(3)31-27(23)34/h7-10,15,17,19,21H,11-14,16H2,1-6H3,(H,30,35)(H,31,34)/t19-/m1/s1. The van der Waals surface area contributed by atoms with Crippen LogP contribution in [0.3, 0.4) is 0 Å². The van der Waals surface area contributed by atoms with E-state index in [1.54, 1.807) is 13.0 Å². The third-order valence-electron chi connectivity index (χ3n) is 7.69. The van der Waals surface area contributed by atoms with E-state index < -0.39 is 0 Å². The topological polar surface area (TPSA) is 96.4 Å². The van der Waals surface area contributed by atoms with Gasteiger partial charge < -0.3 is 24.5 Å². The lowest BCUT2D eigenvalue weighted by atomic mass is 9.89. The molecule has 4 rings (SSSR count). The largest absolute Gasteiger partial charge is 0.496 e. The molecule has 1 saturated heterocycles. The number of carbonyl (C=O) groups is 2. The number of benzene rings is 1. The Labute approximate surface area is 218 Å². The smallest absolute Gasteiger partial charge is 0.256 e. The normalized spacial score (nSPS) is 15.3. The first-order valence-electron chi connectivity index (χ1n) is 13.1. The SMILES string of the molecule is COc1cc(C)[nH]c(=O)c1CNC(=O)c1c(C)n([C@H](C)C2CCN(C(=O)C(C)C)CC2)c2ccccc12. The molecule has 0 spiro atoms. The molecule has 3 heterocycles. The van der Waals surface area contributed by atoms with Crippen molar-refractivity contribution >= 4 is 22.7 Å². The fourth-order valence-corrected chi connectivity index (χ4v) is 5.67. The van der Waals surface area contributed by atoms with Crippen molar-refractivity contribution in [1.29, 1.82) is 0 Å². The van der Waals surface area contributed by atoms with Crippen LogP contribution in [0, 0.1) is 25.7 Å². The lowest BCUT2D eigenvalue weighted by Crippen LogP contribution is -2.42. The third kappa shape index (κ3) is 5.15. The van der Waals surface area contributed by atoms with Crippen LogP contribution >= 0.6 is 0 Å². The molecule has 1 aromatic carbocycles. The number of amides is 2. The number of aromatic amines is 1. The number of nitrogens with one attached hydrogen (secondary N) is 2. The van der Waals surface area contributed by atoms with Crippen molar-refractivity contribution in [3.05, 3.63) is 63.2 Å². The maximum Gasteiger partial charge on any atom is 0.256 e. The van der Waals surface area contributed by atoms with Gasteiger partial charge in [-0.2, -0.15) is 0 Å². The highest BCUT2D eigenvalue weighted by molar-refractivity contribution is 6.08. The number of carbonyl (C=O) groups excluding carboxylic acids is 2. The molecule has 198 valence electrons. The molecule has 3 aromatic rings. The number of fused-ring (bicyclic) bond motifs is 1. The number of rotatable bonds is 7. The number of hydrogen-bond acceptors (Lipinski definition) is 4. The van der Waals surface area contributed by atoms with Gasteiger partial charge in [0.15, 0.2) is 0 Å². The molecule has 2 N–H and O–H groups in total. The Morgan fingerprint density at radius 1 is 1.14 bits per heavy atom. The number of methoxy groups -OCH3 is 1. The highest BCUT2D eigenvalue weighted by Gasteiger charge is 2.31. The number of aryl methyl sites for hydroxylation is 1. The van der Waals surface area contributed by atoms with Crippen molar-refractivity contribution in [3.63, 3.8) is 0 Å². The predicted octanol–water partition coefficient (Wildman–Crippen LogP) is 4.34. The minimum atomic E-state index is -0.271. The van der Waals surface area contributed by atoms with Crippen molar-refractivity contribution in [2.24, 2.45) is 11.8 Å². The Morgan fingerprint density at radius 2 is 1.81 bits per heavy atom. The van der Waals surface area contributed by atoms with Crippen molar-refractivity contribution < 1.29 is 14.3 Å². The van der Waals surface area contributed by atoms with Crippen molar-refractivity contribution in [1.82, 2.24) is 19.8 Å². The van der Waals surface area contributed by atoms with Gasteiger partial charge in [-0.1, -0.05) is 32.0 Å². The minimum absolute atomic E-state index is 0.0149. The molecule has 1 aliphatic rings. The lowest BCUT2D eigenvalue weighted by molar-refractivity contribution is -0.136. The maximum atomic E-state index is 13.5. The monoisotopic (exact) mass is 506 g/mol. The molecule has 1 atom stereocenters. The van der Waals surface area contributed by atoms with Crippen LogP contribution in [0.25, 0.3) is 10.9 Å². The van der Waals surface area contributed by atoms with Gasteiger partial charge in [0.05, 0.1) is 24.8 Å². The molecule has 8 heteroatoms. The van der Waals surface area contributed by atoms with Gasteiger partial charge in [0.1, 0.15) is 5.75 Å². The third-order valence-corrected chi connectivity index (χ3v) is 7.69. The van der Waals surface area contributed by atoms with Gasteiger partial charge in [0, 0.05) is 47.3 Å². The highest BCUT2D eigenvalue weighted by Crippen LogP contribution is 2.36. The molecule has 37 heavy (non-hydrogen) atoms. The van der Waals surface area contributed by atoms with Crippen LogP contribution in [-0.4, -0.2) is 46.5 Å². The van der Waals surface area contributed by atoms with E-state index in [1.807, 2.05) is 43.9 Å². The zero-order valence-electron chi connectivity index (χ0n) is 22.7. The van der Waals surface area contributed by atoms with E-state index in [0.29, 0.717) is 28.5 Å². The first-order chi connectivity index (χ1) is 17.6. The molecule has 1 aliphatic heterocycles. The molecular formula is C29H38N4O4. The minimum Gasteiger partial charge on any atom is -0.496 e. The van der Waals surface area contributed by atoms with E-state index in [0.717, 1.165) is 42.5 Å². The molecular weight excluding hydrogens is 468 g/mol. The van der Waals surface area contributed by atoms with Crippen LogP contribution in [0.5, 0.6) is 5.75 Å². The fourth-order valence-electron chi connectivity index (χ4n) is 5.67. The van der Waals surface area contributed by atoms with Gasteiger partial charge in [-0.15, -0.1) is 0 Å². The summed E-state index contributed by atoms with van der Waals surface area (Å²) in [6.45, 7) is 11.5. The van der Waals surface area contributed by atoms with Crippen LogP contribution in [0.1, 0.15) is 67.0 Å². The molecule has 0 bridgehead atoms. The van der Waals surface area contributed by atoms with Gasteiger partial charge in [-0.3, -0.25) is 14.4 Å². The summed E-state index contributed by atoms with van der Waals surface area (Å²) < 4.78 is 7.65. The number of aromatic nitrogens is 2. The lowest BCUT2D eigenvalue weighted by Gasteiger charge is -2.36. The number of nitrogens with zero attached hydrogens (tertiary/aromatic N) is 2. The Hall–Kier alpha value is -3.55. The van der Waals surface area contributed by atoms with Gasteiger partial charge in [-0.05, 0) is 51.7 Å². The maximum absolute atomic E-state index is 13.5. The van der Waals surface area contributed by atoms with Crippen LogP contribution in [-0.2, 0) is 11.3 Å². The number of H-pyrrole nitrogens is 1. The summed E-state index contributed by atoms with van der Waals surface area (Å²) in [5.41, 5.74) is 3.36. The number of para-hydroxylation sites is 1. The molecule has 8 nitrogen and oxygen atoms in total. The van der Waals surface area contributed by atoms with Crippen LogP contribution < -0.4 is 15.6 Å². The Morgan fingerprint density at radius 3 is 2.46 bits per heavy atom. The molecule has 1 fully saturated rings. The van der Waals surface area contributed by atoms with E-state index in [2.05, 4.69) is 27.9 Å². The second-order valence-electron chi connectivity index (χ2n) is 10.4. The summed E-state index contributed by atoms with van der Waals surface area (Å²) in [7, 11) is 1.52. The molecule has 0 aliphatic carbocycles. The quantitative estimate of drug-likeness (QED) is 0.498. The van der Waals surface area contributed by atoms with E-state index in [-0.39, 0.29) is 35.9 Å². The van der Waals surface area contributed by atoms with E-state index in [4.69, 9.17) is 4.74 Å². The summed E-state index contributed by atoms with van der Waals surface area (Å²) >= 11 is 0. The molecule has 2 amide bonds. The summed E-state index contributed by atoms with van der Waals surface area (Å²) in [6, 6.07) is 9.89. The molecule has 2 aromatic heterocycles. The number of ether oxygens (including phenoxy) is 1. The number of likely N-dealkylation sites (tertiary alicyclic amines) is 1. The van der Waals surface area contributed by atoms with E-state index in [9.17, 15) is 14.4 Å². The summed E-state index contributed by atoms with van der Waals surface area (Å²) in [5.74, 6) is 0.866. The summed E-state index contributed by atoms with van der Waals surface area (Å²) in [5, 5.41) is 3.84. The van der Waals surface area contributed by atoms with Gasteiger partial charge in [0.25, 0.3) is 11.5 Å². The van der Waals surface area contributed by atoms with Crippen molar-refractivity contribution in [2.75, 3.05) is 20.2 Å². The van der Waals surface area contributed by atoms with Crippen LogP contribution in [0.2, 0.25) is 0 Å². The molecule has 0 unspecified atom stereocenters. The first kappa shape index (κ1) is 26.5. The zero-order chi connectivity index (χ0) is 26.9. The van der Waals surface area contributed by atoms with Gasteiger partial charge >= 0.3 is 0 Å². The number of hydrogen-bond donors (Lipinski definition) is 2. The van der Waals surface area contributed by atoms with E-state index >= 15 is 0 Å². The zero-order valence-corrected chi connectivity index (χ0v) is 22.7. The molecule has 0 radical (unpaired) electrons. The first-order valence-corrected chi connectivity index (χ1v) is 13.1. The fraction of sp³-hybridized carbons (Fsp3) is 0.483. The van der Waals surface area contributed by atoms with Gasteiger partial charge in [0.2, 0.25) is 5.91 Å². The highest BCUT2D eigenvalue weighted by atomic mass is 16.5. The van der Waals surface area contributed by atoms with Gasteiger partial charge in [-0.25, -0.2) is 0 Å². The second-order valence-corrected chi connectivity index (χ2v) is 10.4. The number of pyridine rings is 1. The summed E-state index contributed by atoms with van der Waals surface area (Å²) in [4.78, 5) is 43.2. The second kappa shape index (κ2) is 10.8. The number of piperidine rings is 1. The predicted molar refractivity (Wildman–Crippen MR) is 145 cm³/mol. The molecule has 0 saturated carbocycles. The van der Waals surface area contributed by atoms with E-state index in [1.165, 1.54) is 7.11 Å². The van der Waals surface area contributed by atoms with Crippen molar-refractivity contribution in [2.45, 2.75) is 60.0 Å². The Kier molecular flexibility index (Phi) is 7.76. The van der Waals surface area contributed by atoms with Crippen LogP contribution in [0.15, 0.2) is 35.1 Å². The van der Waals surface area contributed by atoms with Crippen molar-refractivity contribution in [3.8, 4) is 5.75 Å². The summed E-state index contributed by atoms with van der Waals surface area (Å²) in [6.07, 6.45) is 1.87. The Bertz CT molecular complexity index is 1360. The average Bonchev–Trinajstić information content (AvgIpc) is 3.18. The Balaban J connectivity index is 1.59. The average molecular weight is 507 g/mol. The van der Waals surface area contributed by atoms with Crippen LogP contribution in [0.4, 0.5) is 0 Å².